The second-order valence-corrected chi connectivity index (χ2v) is 11.2. The van der Waals surface area contributed by atoms with Crippen molar-refractivity contribution in [3.63, 3.8) is 0 Å². The van der Waals surface area contributed by atoms with Gasteiger partial charge in [0, 0.05) is 29.6 Å². The van der Waals surface area contributed by atoms with E-state index in [2.05, 4.69) is 23.3 Å². The number of piperidine rings is 1. The lowest BCUT2D eigenvalue weighted by atomic mass is 9.51. The van der Waals surface area contributed by atoms with E-state index in [1.807, 2.05) is 6.07 Å². The lowest BCUT2D eigenvalue weighted by Crippen LogP contribution is -2.66. The molecule has 1 saturated carbocycles. The van der Waals surface area contributed by atoms with Crippen LogP contribution in [-0.4, -0.2) is 94.3 Å². The largest absolute Gasteiger partial charge is 0.547 e. The number of aliphatic hydroxyl groups excluding tert-OH is 3. The number of hydrogen-bond acceptors (Lipinski definition) is 12. The number of aliphatic hydroxyl groups is 3. The lowest BCUT2D eigenvalue weighted by Gasteiger charge is -2.58. The second-order valence-electron chi connectivity index (χ2n) is 11.2. The number of carboxylic acids is 2. The Morgan fingerprint density at radius 2 is 1.70 bits per heavy atom. The van der Waals surface area contributed by atoms with Crippen LogP contribution in [0.2, 0.25) is 0 Å². The zero-order valence-corrected chi connectivity index (χ0v) is 24.1. The fraction of sp³-hybridized carbons (Fsp3) is 0.500. The summed E-state index contributed by atoms with van der Waals surface area (Å²) in [4.78, 5) is 32.3. The number of nitrogens with one attached hydrogen (secondary N) is 1. The van der Waals surface area contributed by atoms with E-state index in [0.29, 0.717) is 17.6 Å². The summed E-state index contributed by atoms with van der Waals surface area (Å²) in [6.07, 6.45) is -1.19. The summed E-state index contributed by atoms with van der Waals surface area (Å²) < 4.78 is 11.9. The molecule has 5 N–H and O–H groups in total. The molecule has 0 aromatic heterocycles. The fourth-order valence-electron chi connectivity index (χ4n) is 6.87. The summed E-state index contributed by atoms with van der Waals surface area (Å²) in [5.41, 5.74) is 3.47. The third kappa shape index (κ3) is 6.11. The third-order valence-corrected chi connectivity index (χ3v) is 8.74. The zero-order valence-electron chi connectivity index (χ0n) is 24.1. The maximum Gasteiger partial charge on any atom is 0.221 e. The molecule has 6 rings (SSSR count). The van der Waals surface area contributed by atoms with Crippen LogP contribution in [0.4, 0.5) is 5.69 Å². The van der Waals surface area contributed by atoms with Gasteiger partial charge in [0.25, 0.3) is 0 Å². The number of nitrogens with zero attached hydrogens (tertiary/aromatic N) is 1. The molecule has 2 aromatic rings. The van der Waals surface area contributed by atoms with Gasteiger partial charge < -0.3 is 59.9 Å². The molecular weight excluding hydrogens is 564 g/mol. The first-order valence-corrected chi connectivity index (χ1v) is 13.9. The van der Waals surface area contributed by atoms with E-state index in [-0.39, 0.29) is 29.3 Å². The van der Waals surface area contributed by atoms with Crippen LogP contribution < -0.4 is 25.0 Å². The molecule has 4 aliphatic rings. The molecule has 2 aromatic carbocycles. The van der Waals surface area contributed by atoms with Gasteiger partial charge in [-0.3, -0.25) is 4.79 Å². The molecular formula is C30H36N2O11-2. The van der Waals surface area contributed by atoms with Crippen molar-refractivity contribution in [2.45, 2.75) is 68.5 Å². The summed E-state index contributed by atoms with van der Waals surface area (Å²) in [5.74, 6) is -1.70. The number of aliphatic carboxylic acids is 2. The van der Waals surface area contributed by atoms with Crippen LogP contribution in [0.25, 0.3) is 0 Å². The van der Waals surface area contributed by atoms with Gasteiger partial charge in [0.1, 0.15) is 24.1 Å². The minimum absolute atomic E-state index is 0.00625. The summed E-state index contributed by atoms with van der Waals surface area (Å²) in [6, 6.07) is 11.1. The maximum atomic E-state index is 10.6. The number of likely N-dealkylation sites (N-methyl/N-ethyl adjacent to an activating group) is 1. The normalized spacial score (nSPS) is 27.4. The number of aromatic hydroxyl groups is 1. The molecule has 2 heterocycles. The molecule has 1 amide bonds. The van der Waals surface area contributed by atoms with Crippen LogP contribution in [0, 0.1) is 5.92 Å². The Kier molecular flexibility index (Phi) is 9.50. The molecule has 43 heavy (non-hydrogen) atoms. The Morgan fingerprint density at radius 1 is 1.07 bits per heavy atom. The topological polar surface area (TPSA) is 212 Å². The highest BCUT2D eigenvalue weighted by Crippen LogP contribution is 2.63. The van der Waals surface area contributed by atoms with Crippen molar-refractivity contribution in [2.24, 2.45) is 5.92 Å². The van der Waals surface area contributed by atoms with Gasteiger partial charge in [-0.2, -0.15) is 0 Å². The van der Waals surface area contributed by atoms with Crippen LogP contribution >= 0.6 is 0 Å². The average Bonchev–Trinajstić information content (AvgIpc) is 3.32. The van der Waals surface area contributed by atoms with E-state index in [9.17, 15) is 29.7 Å². The van der Waals surface area contributed by atoms with E-state index in [1.54, 1.807) is 19.2 Å². The van der Waals surface area contributed by atoms with E-state index >= 15 is 0 Å². The number of methoxy groups -OCH3 is 1. The fourth-order valence-corrected chi connectivity index (χ4v) is 6.87. The first-order valence-electron chi connectivity index (χ1n) is 13.9. The van der Waals surface area contributed by atoms with Crippen molar-refractivity contribution in [1.29, 1.82) is 0 Å². The van der Waals surface area contributed by atoms with E-state index < -0.39 is 24.1 Å². The molecule has 2 fully saturated rings. The third-order valence-electron chi connectivity index (χ3n) is 8.74. The Hall–Kier alpha value is -3.91. The Balaban J connectivity index is 0.000000171. The van der Waals surface area contributed by atoms with Crippen molar-refractivity contribution in [3.05, 3.63) is 47.5 Å². The number of benzene rings is 2. The first-order chi connectivity index (χ1) is 20.3. The molecule has 7 atom stereocenters. The van der Waals surface area contributed by atoms with Crippen LogP contribution in [0.1, 0.15) is 37.3 Å². The summed E-state index contributed by atoms with van der Waals surface area (Å²) in [6.45, 7) is 2.52. The van der Waals surface area contributed by atoms with Crippen molar-refractivity contribution >= 4 is 23.5 Å². The first kappa shape index (κ1) is 32.0. The number of likely N-dealkylation sites (tertiary alicyclic amines) is 1. The van der Waals surface area contributed by atoms with Crippen LogP contribution in [0.5, 0.6) is 17.2 Å². The smallest absolute Gasteiger partial charge is 0.221 e. The molecule has 1 saturated heterocycles. The minimum atomic E-state index is -2.44. The molecule has 2 aliphatic heterocycles. The number of amides is 1. The van der Waals surface area contributed by atoms with Gasteiger partial charge in [-0.05, 0) is 81.1 Å². The molecule has 2 bridgehead atoms. The van der Waals surface area contributed by atoms with Crippen LogP contribution in [0.3, 0.4) is 0 Å². The highest BCUT2D eigenvalue weighted by Gasteiger charge is 2.65. The molecule has 13 heteroatoms. The predicted molar refractivity (Wildman–Crippen MR) is 147 cm³/mol. The number of carbonyl (C=O) groups excluding carboxylic acids is 3. The number of hydrogen-bond donors (Lipinski definition) is 5. The molecule has 1 spiro atoms. The van der Waals surface area contributed by atoms with Gasteiger partial charge in [-0.1, -0.05) is 6.07 Å². The van der Waals surface area contributed by atoms with E-state index in [4.69, 9.17) is 24.8 Å². The van der Waals surface area contributed by atoms with E-state index in [0.717, 1.165) is 43.7 Å². The molecule has 2 aliphatic carbocycles. The van der Waals surface area contributed by atoms with Gasteiger partial charge in [-0.15, -0.1) is 0 Å². The SMILES string of the molecule is CC(=O)Nc1ccc(O)cc1.COc1ccc2c3c1O[C@H]1[C@@H](O)CC[C@H]4[C@@H](C2)N(C)CC[C@@]341.O=C([O-])C(O)C(O)C(=O)[O-]. The predicted octanol–water partition coefficient (Wildman–Crippen LogP) is -1.72. The summed E-state index contributed by atoms with van der Waals surface area (Å²) in [5, 5.41) is 57.8. The summed E-state index contributed by atoms with van der Waals surface area (Å²) >= 11 is 0. The molecule has 2 unspecified atom stereocenters. The number of phenols is 1. The monoisotopic (exact) mass is 600 g/mol. The average molecular weight is 601 g/mol. The number of anilines is 1. The quantitative estimate of drug-likeness (QED) is 0.243. The number of carboxylic acid groups (broad SMARTS) is 2. The van der Waals surface area contributed by atoms with Crippen LogP contribution in [0.15, 0.2) is 36.4 Å². The Bertz CT molecular complexity index is 1330. The Labute approximate surface area is 248 Å². The number of phenolic OH excluding ortho intramolecular Hbond substituents is 1. The number of rotatable bonds is 5. The van der Waals surface area contributed by atoms with Gasteiger partial charge in [0.05, 0.1) is 25.2 Å². The zero-order chi connectivity index (χ0) is 31.6. The van der Waals surface area contributed by atoms with Gasteiger partial charge >= 0.3 is 0 Å². The Morgan fingerprint density at radius 3 is 2.26 bits per heavy atom. The van der Waals surface area contributed by atoms with Gasteiger partial charge in [0.2, 0.25) is 5.91 Å². The van der Waals surface area contributed by atoms with Crippen molar-refractivity contribution in [1.82, 2.24) is 4.90 Å². The van der Waals surface area contributed by atoms with Gasteiger partial charge in [-0.25, -0.2) is 0 Å². The minimum Gasteiger partial charge on any atom is -0.547 e. The van der Waals surface area contributed by atoms with Gasteiger partial charge in [0.15, 0.2) is 11.5 Å². The van der Waals surface area contributed by atoms with Crippen LogP contribution in [-0.2, 0) is 26.2 Å². The molecule has 0 radical (unpaired) electrons. The number of ether oxygens (including phenoxy) is 2. The highest BCUT2D eigenvalue weighted by molar-refractivity contribution is 5.88. The summed E-state index contributed by atoms with van der Waals surface area (Å²) in [7, 11) is 3.96. The molecule has 13 nitrogen and oxygen atoms in total. The maximum absolute atomic E-state index is 10.6. The lowest BCUT2D eigenvalue weighted by molar-refractivity contribution is -0.333. The van der Waals surface area contributed by atoms with Crippen molar-refractivity contribution < 1.29 is 54.5 Å². The molecule has 234 valence electrons. The second kappa shape index (κ2) is 12.8. The standard InChI is InChI=1S/C18H23NO3.C8H9NO2.C4H6O6/c1-19-8-7-18-11-4-5-13(20)17(18)22-16-14(21-2)6-3-10(15(16)18)9-12(11)19;1-6(10)9-7-2-4-8(11)5-3-7;5-1(3(7)8)2(6)4(9)10/h3,6,11-13,17,20H,4-5,7-9H2,1-2H3;2-5,11H,1H3,(H,9,10);1-2,5-6H,(H,7,8)(H,9,10)/p-2/t11-,12+,13-,17-,18-;;/m0../s1. The van der Waals surface area contributed by atoms with Crippen molar-refractivity contribution in [2.75, 3.05) is 26.0 Å². The number of carbonyl (C=O) groups is 3. The van der Waals surface area contributed by atoms with Crippen molar-refractivity contribution in [3.8, 4) is 17.2 Å². The van der Waals surface area contributed by atoms with E-state index in [1.165, 1.54) is 30.2 Å². The highest BCUT2D eigenvalue weighted by atomic mass is 16.5.